The van der Waals surface area contributed by atoms with Gasteiger partial charge in [-0.3, -0.25) is 9.78 Å². The third-order valence-corrected chi connectivity index (χ3v) is 5.31. The quantitative estimate of drug-likeness (QED) is 0.748. The Morgan fingerprint density at radius 2 is 2.15 bits per heavy atom. The molecule has 0 spiro atoms. The van der Waals surface area contributed by atoms with Gasteiger partial charge in [0.2, 0.25) is 5.91 Å². The zero-order valence-electron chi connectivity index (χ0n) is 15.9. The van der Waals surface area contributed by atoms with Crippen LogP contribution in [0.1, 0.15) is 45.1 Å². The number of carbonyl (C=O) groups excluding carboxylic acids is 1. The van der Waals surface area contributed by atoms with Gasteiger partial charge in [-0.05, 0) is 36.8 Å². The lowest BCUT2D eigenvalue weighted by atomic mass is 9.96. The van der Waals surface area contributed by atoms with E-state index in [9.17, 15) is 4.79 Å². The summed E-state index contributed by atoms with van der Waals surface area (Å²) in [6.07, 6.45) is 11.9. The van der Waals surface area contributed by atoms with Crippen molar-refractivity contribution in [2.75, 3.05) is 26.3 Å². The standard InChI is InChI=1S/C21H30N2O3/c1-3-16(2)5-4-6-17-11-19(13-22-12-17)26-20-14-23(15-20)21(24)18-7-9-25-10-8-18/h4,6,11-13,16,18,20H,3,5,7-10,14-15H2,1-2H3/b6-4+/t16-/m1/s1. The average Bonchev–Trinajstić information content (AvgIpc) is 2.64. The van der Waals surface area contributed by atoms with Crippen LogP contribution in [0.3, 0.4) is 0 Å². The molecule has 0 N–H and O–H groups in total. The van der Waals surface area contributed by atoms with Gasteiger partial charge < -0.3 is 14.4 Å². The van der Waals surface area contributed by atoms with Gasteiger partial charge >= 0.3 is 0 Å². The maximum Gasteiger partial charge on any atom is 0.226 e. The zero-order chi connectivity index (χ0) is 18.4. The smallest absolute Gasteiger partial charge is 0.226 e. The normalized spacial score (nSPS) is 20.2. The van der Waals surface area contributed by atoms with Gasteiger partial charge in [-0.25, -0.2) is 0 Å². The average molecular weight is 358 g/mol. The van der Waals surface area contributed by atoms with Crippen molar-refractivity contribution in [3.8, 4) is 5.75 Å². The van der Waals surface area contributed by atoms with E-state index >= 15 is 0 Å². The summed E-state index contributed by atoms with van der Waals surface area (Å²) < 4.78 is 11.3. The van der Waals surface area contributed by atoms with E-state index in [0.717, 1.165) is 30.6 Å². The van der Waals surface area contributed by atoms with E-state index in [1.807, 2.05) is 17.2 Å². The summed E-state index contributed by atoms with van der Waals surface area (Å²) in [4.78, 5) is 18.6. The van der Waals surface area contributed by atoms with Gasteiger partial charge in [0, 0.05) is 25.3 Å². The van der Waals surface area contributed by atoms with Crippen LogP contribution in [-0.2, 0) is 9.53 Å². The number of hydrogen-bond donors (Lipinski definition) is 0. The van der Waals surface area contributed by atoms with Crippen molar-refractivity contribution < 1.29 is 14.3 Å². The molecule has 1 aromatic heterocycles. The Morgan fingerprint density at radius 3 is 2.88 bits per heavy atom. The number of ether oxygens (including phenoxy) is 2. The highest BCUT2D eigenvalue weighted by molar-refractivity contribution is 5.79. The van der Waals surface area contributed by atoms with Crippen LogP contribution < -0.4 is 4.74 Å². The third kappa shape index (κ3) is 5.07. The Morgan fingerprint density at radius 1 is 1.38 bits per heavy atom. The molecule has 1 amide bonds. The van der Waals surface area contributed by atoms with Crippen molar-refractivity contribution in [3.05, 3.63) is 30.1 Å². The van der Waals surface area contributed by atoms with Crippen LogP contribution in [0.5, 0.6) is 5.75 Å². The molecule has 0 aromatic carbocycles. The molecule has 1 atom stereocenters. The minimum absolute atomic E-state index is 0.0694. The van der Waals surface area contributed by atoms with Gasteiger partial charge in [-0.2, -0.15) is 0 Å². The van der Waals surface area contributed by atoms with Crippen molar-refractivity contribution in [1.82, 2.24) is 9.88 Å². The molecule has 2 aliphatic heterocycles. The van der Waals surface area contributed by atoms with Crippen LogP contribution in [0.2, 0.25) is 0 Å². The first-order valence-electron chi connectivity index (χ1n) is 9.80. The summed E-state index contributed by atoms with van der Waals surface area (Å²) in [5.74, 6) is 1.87. The van der Waals surface area contributed by atoms with Crippen molar-refractivity contribution in [3.63, 3.8) is 0 Å². The van der Waals surface area contributed by atoms with Gasteiger partial charge in [0.25, 0.3) is 0 Å². The Hall–Kier alpha value is -1.88. The number of nitrogens with zero attached hydrogens (tertiary/aromatic N) is 2. The fourth-order valence-electron chi connectivity index (χ4n) is 3.28. The number of allylic oxidation sites excluding steroid dienone is 1. The number of amides is 1. The molecule has 1 aromatic rings. The number of hydrogen-bond acceptors (Lipinski definition) is 4. The predicted octanol–water partition coefficient (Wildman–Crippen LogP) is 3.55. The van der Waals surface area contributed by atoms with E-state index in [4.69, 9.17) is 9.47 Å². The van der Waals surface area contributed by atoms with Crippen LogP contribution in [0, 0.1) is 11.8 Å². The summed E-state index contributed by atoms with van der Waals surface area (Å²) in [5, 5.41) is 0. The van der Waals surface area contributed by atoms with E-state index in [1.165, 1.54) is 6.42 Å². The number of pyridine rings is 1. The number of rotatable bonds is 7. The topological polar surface area (TPSA) is 51.7 Å². The molecule has 0 unspecified atom stereocenters. The van der Waals surface area contributed by atoms with Crippen LogP contribution in [0.4, 0.5) is 0 Å². The number of likely N-dealkylation sites (tertiary alicyclic amines) is 1. The molecule has 2 aliphatic rings. The van der Waals surface area contributed by atoms with Gasteiger partial charge in [-0.1, -0.05) is 32.4 Å². The summed E-state index contributed by atoms with van der Waals surface area (Å²) in [6.45, 7) is 7.21. The Labute approximate surface area is 156 Å². The lowest BCUT2D eigenvalue weighted by Gasteiger charge is -2.41. The summed E-state index contributed by atoms with van der Waals surface area (Å²) in [6, 6.07) is 2.02. The first-order chi connectivity index (χ1) is 12.7. The highest BCUT2D eigenvalue weighted by Gasteiger charge is 2.36. The van der Waals surface area contributed by atoms with E-state index in [2.05, 4.69) is 31.0 Å². The van der Waals surface area contributed by atoms with Crippen LogP contribution in [0.15, 0.2) is 24.5 Å². The van der Waals surface area contributed by atoms with Crippen molar-refractivity contribution in [2.24, 2.45) is 11.8 Å². The summed E-state index contributed by atoms with van der Waals surface area (Å²) in [7, 11) is 0. The van der Waals surface area contributed by atoms with Crippen molar-refractivity contribution >= 4 is 12.0 Å². The summed E-state index contributed by atoms with van der Waals surface area (Å²) in [5.41, 5.74) is 1.06. The molecule has 5 heteroatoms. The van der Waals surface area contributed by atoms with E-state index < -0.39 is 0 Å². The lowest BCUT2D eigenvalue weighted by Crippen LogP contribution is -2.58. The van der Waals surface area contributed by atoms with Crippen molar-refractivity contribution in [1.29, 1.82) is 0 Å². The molecule has 0 radical (unpaired) electrons. The van der Waals surface area contributed by atoms with Gasteiger partial charge in [0.15, 0.2) is 0 Å². The van der Waals surface area contributed by atoms with Crippen molar-refractivity contribution in [2.45, 2.75) is 45.6 Å². The molecular weight excluding hydrogens is 328 g/mol. The van der Waals surface area contributed by atoms with Gasteiger partial charge in [0.1, 0.15) is 11.9 Å². The molecule has 5 nitrogen and oxygen atoms in total. The second-order valence-electron chi connectivity index (χ2n) is 7.48. The first-order valence-corrected chi connectivity index (χ1v) is 9.80. The minimum atomic E-state index is 0.0694. The molecule has 0 aliphatic carbocycles. The number of aromatic nitrogens is 1. The zero-order valence-corrected chi connectivity index (χ0v) is 15.9. The molecule has 142 valence electrons. The fourth-order valence-corrected chi connectivity index (χ4v) is 3.28. The first kappa shape index (κ1) is 18.9. The maximum absolute atomic E-state index is 12.4. The SMILES string of the molecule is CC[C@@H](C)C/C=C/c1cncc(OC2CN(C(=O)C3CCOCC3)C2)c1. The second kappa shape index (κ2) is 9.17. The van der Waals surface area contributed by atoms with Crippen LogP contribution in [-0.4, -0.2) is 48.2 Å². The molecule has 0 bridgehead atoms. The Balaban J connectivity index is 1.45. The molecular formula is C21H30N2O3. The summed E-state index contributed by atoms with van der Waals surface area (Å²) >= 11 is 0. The van der Waals surface area contributed by atoms with E-state index in [1.54, 1.807) is 6.20 Å². The second-order valence-corrected chi connectivity index (χ2v) is 7.48. The Kier molecular flexibility index (Phi) is 6.67. The van der Waals surface area contributed by atoms with E-state index in [0.29, 0.717) is 32.2 Å². The maximum atomic E-state index is 12.4. The lowest BCUT2D eigenvalue weighted by molar-refractivity contribution is -0.147. The van der Waals surface area contributed by atoms with Gasteiger partial charge in [-0.15, -0.1) is 0 Å². The van der Waals surface area contributed by atoms with Gasteiger partial charge in [0.05, 0.1) is 19.3 Å². The molecule has 2 saturated heterocycles. The molecule has 26 heavy (non-hydrogen) atoms. The fraction of sp³-hybridized carbons (Fsp3) is 0.619. The molecule has 3 rings (SSSR count). The van der Waals surface area contributed by atoms with Crippen LogP contribution >= 0.6 is 0 Å². The predicted molar refractivity (Wildman–Crippen MR) is 102 cm³/mol. The highest BCUT2D eigenvalue weighted by atomic mass is 16.5. The largest absolute Gasteiger partial charge is 0.485 e. The Bertz CT molecular complexity index is 619. The van der Waals surface area contributed by atoms with E-state index in [-0.39, 0.29) is 17.9 Å². The molecule has 3 heterocycles. The monoisotopic (exact) mass is 358 g/mol. The minimum Gasteiger partial charge on any atom is -0.485 e. The third-order valence-electron chi connectivity index (χ3n) is 5.31. The molecule has 0 saturated carbocycles. The molecule has 2 fully saturated rings. The highest BCUT2D eigenvalue weighted by Crippen LogP contribution is 2.24. The number of carbonyl (C=O) groups is 1. The van der Waals surface area contributed by atoms with Crippen LogP contribution in [0.25, 0.3) is 6.08 Å².